The molecule has 0 aliphatic carbocycles. The van der Waals surface area contributed by atoms with E-state index < -0.39 is 11.8 Å². The molecule has 6 nitrogen and oxygen atoms in total. The molecule has 0 amide bonds. The van der Waals surface area contributed by atoms with Crippen molar-refractivity contribution in [1.82, 2.24) is 14.4 Å². The molecule has 1 aromatic carbocycles. The minimum Gasteiger partial charge on any atom is -0.461 e. The maximum atomic E-state index is 14.2. The summed E-state index contributed by atoms with van der Waals surface area (Å²) in [6, 6.07) is 2.88. The molecule has 0 aliphatic heterocycles. The van der Waals surface area contributed by atoms with Crippen LogP contribution in [0.15, 0.2) is 30.9 Å². The second-order valence-electron chi connectivity index (χ2n) is 4.70. The lowest BCUT2D eigenvalue weighted by Gasteiger charge is -2.08. The molecule has 23 heavy (non-hydrogen) atoms. The number of carbonyl (C=O) groups is 1. The van der Waals surface area contributed by atoms with Gasteiger partial charge in [0.15, 0.2) is 11.5 Å². The number of anilines is 1. The Labute approximate surface area is 135 Å². The number of fused-ring (bicyclic) bond motifs is 1. The molecule has 3 rings (SSSR count). The van der Waals surface area contributed by atoms with Crippen molar-refractivity contribution in [1.29, 1.82) is 0 Å². The Morgan fingerprint density at radius 3 is 2.96 bits per heavy atom. The summed E-state index contributed by atoms with van der Waals surface area (Å²) in [6.45, 7) is 1.95. The van der Waals surface area contributed by atoms with Crippen molar-refractivity contribution in [2.75, 3.05) is 12.3 Å². The van der Waals surface area contributed by atoms with E-state index >= 15 is 0 Å². The minimum absolute atomic E-state index is 0.0239. The Balaban J connectivity index is 2.13. The van der Waals surface area contributed by atoms with Crippen LogP contribution < -0.4 is 5.73 Å². The number of aromatic nitrogens is 3. The number of benzene rings is 1. The van der Waals surface area contributed by atoms with Crippen LogP contribution >= 0.6 is 11.6 Å². The summed E-state index contributed by atoms with van der Waals surface area (Å²) in [5.74, 6) is -1.19. The summed E-state index contributed by atoms with van der Waals surface area (Å²) in [7, 11) is 0. The van der Waals surface area contributed by atoms with Crippen LogP contribution in [0.2, 0.25) is 5.02 Å². The number of nitrogens with zero attached hydrogens (tertiary/aromatic N) is 3. The van der Waals surface area contributed by atoms with Gasteiger partial charge in [-0.2, -0.15) is 0 Å². The van der Waals surface area contributed by atoms with Gasteiger partial charge in [-0.15, -0.1) is 0 Å². The zero-order chi connectivity index (χ0) is 16.6. The second-order valence-corrected chi connectivity index (χ2v) is 5.11. The third kappa shape index (κ3) is 2.59. The molecule has 3 aromatic rings. The van der Waals surface area contributed by atoms with Gasteiger partial charge in [-0.1, -0.05) is 11.6 Å². The molecule has 8 heteroatoms. The SMILES string of the molecule is CCOC(=O)c1ncn2cc(-c3c(Cl)ccc(N)c3F)ncc12. The number of halogens is 2. The Hall–Kier alpha value is -2.67. The topological polar surface area (TPSA) is 82.5 Å². The van der Waals surface area contributed by atoms with Gasteiger partial charge in [0.1, 0.15) is 6.33 Å². The summed E-state index contributed by atoms with van der Waals surface area (Å²) in [5, 5.41) is 0.189. The number of hydrogen-bond donors (Lipinski definition) is 1. The molecule has 0 radical (unpaired) electrons. The predicted molar refractivity (Wildman–Crippen MR) is 83.8 cm³/mol. The first kappa shape index (κ1) is 15.2. The zero-order valence-electron chi connectivity index (χ0n) is 12.1. The van der Waals surface area contributed by atoms with Crippen molar-refractivity contribution >= 4 is 28.8 Å². The molecule has 0 bridgehead atoms. The van der Waals surface area contributed by atoms with Crippen molar-refractivity contribution < 1.29 is 13.9 Å². The zero-order valence-corrected chi connectivity index (χ0v) is 12.8. The molecule has 2 heterocycles. The molecule has 0 fully saturated rings. The molecule has 2 N–H and O–H groups in total. The van der Waals surface area contributed by atoms with Gasteiger partial charge in [0.25, 0.3) is 0 Å². The van der Waals surface area contributed by atoms with Crippen molar-refractivity contribution in [3.8, 4) is 11.3 Å². The fraction of sp³-hybridized carbons (Fsp3) is 0.133. The monoisotopic (exact) mass is 334 g/mol. The Bertz CT molecular complexity index is 910. The number of nitrogens with two attached hydrogens (primary N) is 1. The summed E-state index contributed by atoms with van der Waals surface area (Å²) >= 11 is 6.05. The Kier molecular flexibility index (Phi) is 3.87. The summed E-state index contributed by atoms with van der Waals surface area (Å²) < 4.78 is 20.7. The Morgan fingerprint density at radius 2 is 2.22 bits per heavy atom. The van der Waals surface area contributed by atoms with E-state index in [1.54, 1.807) is 11.3 Å². The normalized spacial score (nSPS) is 10.9. The fourth-order valence-electron chi connectivity index (χ4n) is 2.19. The van der Waals surface area contributed by atoms with Gasteiger partial charge in [-0.05, 0) is 19.1 Å². The van der Waals surface area contributed by atoms with Crippen molar-refractivity contribution in [2.45, 2.75) is 6.92 Å². The second kappa shape index (κ2) is 5.85. The van der Waals surface area contributed by atoms with E-state index in [9.17, 15) is 9.18 Å². The summed E-state index contributed by atoms with van der Waals surface area (Å²) in [6.07, 6.45) is 4.35. The van der Waals surface area contributed by atoms with Crippen molar-refractivity contribution in [3.63, 3.8) is 0 Å². The van der Waals surface area contributed by atoms with Gasteiger partial charge in [0.05, 0.1) is 40.3 Å². The number of esters is 1. The van der Waals surface area contributed by atoms with E-state index in [2.05, 4.69) is 9.97 Å². The number of hydrogen-bond acceptors (Lipinski definition) is 5. The Morgan fingerprint density at radius 1 is 1.43 bits per heavy atom. The van der Waals surface area contributed by atoms with E-state index in [1.165, 1.54) is 30.9 Å². The molecular formula is C15H12ClFN4O2. The maximum Gasteiger partial charge on any atom is 0.359 e. The molecule has 0 spiro atoms. The molecule has 0 aliphatic rings. The predicted octanol–water partition coefficient (Wildman–Crippen LogP) is 2.95. The van der Waals surface area contributed by atoms with Gasteiger partial charge < -0.3 is 14.9 Å². The number of nitrogen functional groups attached to an aromatic ring is 1. The first-order chi connectivity index (χ1) is 11.0. The van der Waals surface area contributed by atoms with Crippen LogP contribution in [0.25, 0.3) is 16.8 Å². The number of carbonyl (C=O) groups excluding carboxylic acids is 1. The fourth-order valence-corrected chi connectivity index (χ4v) is 2.43. The number of ether oxygens (including phenoxy) is 1. The number of imidazole rings is 1. The van der Waals surface area contributed by atoms with Crippen molar-refractivity contribution in [2.24, 2.45) is 0 Å². The highest BCUT2D eigenvalue weighted by Crippen LogP contribution is 2.32. The van der Waals surface area contributed by atoms with Crippen LogP contribution in [-0.4, -0.2) is 26.9 Å². The lowest BCUT2D eigenvalue weighted by Crippen LogP contribution is -2.06. The van der Waals surface area contributed by atoms with Crippen LogP contribution in [0.5, 0.6) is 0 Å². The van der Waals surface area contributed by atoms with Crippen LogP contribution in [0.4, 0.5) is 10.1 Å². The lowest BCUT2D eigenvalue weighted by molar-refractivity contribution is 0.0522. The lowest BCUT2D eigenvalue weighted by atomic mass is 10.1. The summed E-state index contributed by atoms with van der Waals surface area (Å²) in [5.41, 5.74) is 6.52. The molecule has 0 saturated carbocycles. The molecule has 0 unspecified atom stereocenters. The van der Waals surface area contributed by atoms with Crippen LogP contribution in [-0.2, 0) is 4.74 Å². The standard InChI is InChI=1S/C15H12ClFN4O2/c1-2-23-15(22)14-11-5-19-10(6-21(11)7-20-14)12-8(16)3-4-9(18)13(12)17/h3-7H,2,18H2,1H3. The van der Waals surface area contributed by atoms with Crippen LogP contribution in [0, 0.1) is 5.82 Å². The largest absolute Gasteiger partial charge is 0.461 e. The first-order valence-electron chi connectivity index (χ1n) is 6.76. The average Bonchev–Trinajstić information content (AvgIpc) is 2.95. The molecule has 118 valence electrons. The van der Waals surface area contributed by atoms with E-state index in [4.69, 9.17) is 22.1 Å². The van der Waals surface area contributed by atoms with Crippen LogP contribution in [0.3, 0.4) is 0 Å². The molecular weight excluding hydrogens is 323 g/mol. The smallest absolute Gasteiger partial charge is 0.359 e. The highest BCUT2D eigenvalue weighted by Gasteiger charge is 2.18. The first-order valence-corrected chi connectivity index (χ1v) is 7.14. The summed E-state index contributed by atoms with van der Waals surface area (Å²) in [4.78, 5) is 20.0. The van der Waals surface area contributed by atoms with Gasteiger partial charge >= 0.3 is 5.97 Å². The van der Waals surface area contributed by atoms with Gasteiger partial charge in [0, 0.05) is 6.20 Å². The van der Waals surface area contributed by atoms with E-state index in [-0.39, 0.29) is 34.3 Å². The van der Waals surface area contributed by atoms with Gasteiger partial charge in [-0.25, -0.2) is 14.2 Å². The van der Waals surface area contributed by atoms with E-state index in [0.717, 1.165) is 0 Å². The molecule has 2 aromatic heterocycles. The average molecular weight is 335 g/mol. The van der Waals surface area contributed by atoms with Crippen molar-refractivity contribution in [3.05, 3.63) is 47.4 Å². The highest BCUT2D eigenvalue weighted by atomic mass is 35.5. The van der Waals surface area contributed by atoms with Crippen LogP contribution in [0.1, 0.15) is 17.4 Å². The van der Waals surface area contributed by atoms with Gasteiger partial charge in [0.2, 0.25) is 0 Å². The van der Waals surface area contributed by atoms with Gasteiger partial charge in [-0.3, -0.25) is 4.98 Å². The maximum absolute atomic E-state index is 14.2. The van der Waals surface area contributed by atoms with E-state index in [1.807, 2.05) is 0 Å². The minimum atomic E-state index is -0.643. The van der Waals surface area contributed by atoms with E-state index in [0.29, 0.717) is 5.52 Å². The third-order valence-corrected chi connectivity index (χ3v) is 3.58. The highest BCUT2D eigenvalue weighted by molar-refractivity contribution is 6.33. The molecule has 0 atom stereocenters. The molecule has 0 saturated heterocycles. The number of rotatable bonds is 3. The third-order valence-electron chi connectivity index (χ3n) is 3.27. The quantitative estimate of drug-likeness (QED) is 0.588.